The van der Waals surface area contributed by atoms with E-state index < -0.39 is 0 Å². The van der Waals surface area contributed by atoms with Crippen molar-refractivity contribution in [3.05, 3.63) is 53.1 Å². The standard InChI is InChI=1S/C22H27N3O2S/c1-15-9-10-17(16(2)13-15)14-20(26)25(12-11-24(3)4)22-23-21-18(27-5)7-6-8-19(21)28-22/h6-10,13H,11-12,14H2,1-5H3/p+1. The lowest BCUT2D eigenvalue weighted by Crippen LogP contribution is -3.06. The van der Waals surface area contributed by atoms with E-state index in [-0.39, 0.29) is 5.91 Å². The molecule has 3 rings (SSSR count). The van der Waals surface area contributed by atoms with Gasteiger partial charge in [0.15, 0.2) is 5.13 Å². The van der Waals surface area contributed by atoms with Crippen LogP contribution in [0.4, 0.5) is 5.13 Å². The molecule has 1 aromatic heterocycles. The van der Waals surface area contributed by atoms with Gasteiger partial charge in [0, 0.05) is 0 Å². The average molecular weight is 399 g/mol. The van der Waals surface area contributed by atoms with Crippen molar-refractivity contribution in [1.82, 2.24) is 4.98 Å². The molecule has 0 saturated heterocycles. The summed E-state index contributed by atoms with van der Waals surface area (Å²) in [7, 11) is 5.83. The molecular formula is C22H28N3O2S+. The Hall–Kier alpha value is -2.44. The van der Waals surface area contributed by atoms with Gasteiger partial charge in [0.2, 0.25) is 5.91 Å². The zero-order chi connectivity index (χ0) is 20.3. The van der Waals surface area contributed by atoms with Crippen molar-refractivity contribution in [3.63, 3.8) is 0 Å². The number of nitrogens with zero attached hydrogens (tertiary/aromatic N) is 2. The Morgan fingerprint density at radius 3 is 2.68 bits per heavy atom. The number of hydrogen-bond donors (Lipinski definition) is 1. The lowest BCUT2D eigenvalue weighted by atomic mass is 10.0. The summed E-state index contributed by atoms with van der Waals surface area (Å²) in [4.78, 5) is 21.1. The predicted octanol–water partition coefficient (Wildman–Crippen LogP) is 2.64. The number of carbonyl (C=O) groups is 1. The van der Waals surface area contributed by atoms with Gasteiger partial charge in [-0.25, -0.2) is 4.98 Å². The SMILES string of the molecule is COc1cccc2sc(N(CC[NH+](C)C)C(=O)Cc3ccc(C)cc3C)nc12. The van der Waals surface area contributed by atoms with Crippen LogP contribution in [0.3, 0.4) is 0 Å². The van der Waals surface area contributed by atoms with Crippen LogP contribution in [0.15, 0.2) is 36.4 Å². The van der Waals surface area contributed by atoms with Gasteiger partial charge in [-0.1, -0.05) is 41.2 Å². The highest BCUT2D eigenvalue weighted by Crippen LogP contribution is 2.34. The summed E-state index contributed by atoms with van der Waals surface area (Å²) in [6, 6.07) is 12.1. The Morgan fingerprint density at radius 2 is 2.00 bits per heavy atom. The zero-order valence-electron chi connectivity index (χ0n) is 17.2. The molecule has 6 heteroatoms. The number of benzene rings is 2. The van der Waals surface area contributed by atoms with Crippen molar-refractivity contribution < 1.29 is 14.4 Å². The topological polar surface area (TPSA) is 46.9 Å². The first-order valence-electron chi connectivity index (χ1n) is 9.48. The van der Waals surface area contributed by atoms with Gasteiger partial charge in [-0.15, -0.1) is 0 Å². The Labute approximate surface area is 170 Å². The first kappa shape index (κ1) is 20.3. The molecule has 1 N–H and O–H groups in total. The summed E-state index contributed by atoms with van der Waals surface area (Å²) < 4.78 is 6.46. The number of quaternary nitrogens is 1. The highest BCUT2D eigenvalue weighted by molar-refractivity contribution is 7.22. The third-order valence-corrected chi connectivity index (χ3v) is 5.84. The summed E-state index contributed by atoms with van der Waals surface area (Å²) in [5, 5.41) is 0.732. The highest BCUT2D eigenvalue weighted by Gasteiger charge is 2.22. The molecule has 0 bridgehead atoms. The number of aromatic nitrogens is 1. The number of thiazole rings is 1. The van der Waals surface area contributed by atoms with Crippen molar-refractivity contribution >= 4 is 32.6 Å². The number of likely N-dealkylation sites (N-methyl/N-ethyl adjacent to an activating group) is 1. The minimum absolute atomic E-state index is 0.0752. The van der Waals surface area contributed by atoms with E-state index in [9.17, 15) is 4.79 Å². The van der Waals surface area contributed by atoms with Gasteiger partial charge in [-0.2, -0.15) is 0 Å². The molecule has 28 heavy (non-hydrogen) atoms. The molecule has 0 radical (unpaired) electrons. The van der Waals surface area contributed by atoms with E-state index in [1.54, 1.807) is 7.11 Å². The zero-order valence-corrected chi connectivity index (χ0v) is 18.0. The highest BCUT2D eigenvalue weighted by atomic mass is 32.1. The number of methoxy groups -OCH3 is 1. The van der Waals surface area contributed by atoms with Crippen molar-refractivity contribution in [3.8, 4) is 5.75 Å². The number of anilines is 1. The maximum atomic E-state index is 13.2. The second-order valence-corrected chi connectivity index (χ2v) is 8.42. The van der Waals surface area contributed by atoms with E-state index in [2.05, 4.69) is 46.1 Å². The predicted molar refractivity (Wildman–Crippen MR) is 116 cm³/mol. The number of ether oxygens (including phenoxy) is 1. The third-order valence-electron chi connectivity index (χ3n) is 4.80. The summed E-state index contributed by atoms with van der Waals surface area (Å²) in [5.74, 6) is 0.811. The first-order chi connectivity index (χ1) is 13.4. The van der Waals surface area contributed by atoms with Crippen LogP contribution < -0.4 is 14.5 Å². The summed E-state index contributed by atoms with van der Waals surface area (Å²) in [6.07, 6.45) is 0.377. The average Bonchev–Trinajstić information content (AvgIpc) is 3.07. The Kier molecular flexibility index (Phi) is 6.31. The van der Waals surface area contributed by atoms with E-state index >= 15 is 0 Å². The monoisotopic (exact) mass is 398 g/mol. The molecule has 148 valence electrons. The number of carbonyl (C=O) groups excluding carboxylic acids is 1. The molecule has 0 unspecified atom stereocenters. The van der Waals surface area contributed by atoms with Gasteiger partial charge >= 0.3 is 0 Å². The van der Waals surface area contributed by atoms with Crippen LogP contribution in [0.1, 0.15) is 16.7 Å². The smallest absolute Gasteiger partial charge is 0.233 e. The molecule has 0 spiro atoms. The van der Waals surface area contributed by atoms with Crippen LogP contribution in [0.5, 0.6) is 5.75 Å². The molecule has 0 saturated carbocycles. The fraction of sp³-hybridized carbons (Fsp3) is 0.364. The maximum Gasteiger partial charge on any atom is 0.233 e. The van der Waals surface area contributed by atoms with Gasteiger partial charge in [0.25, 0.3) is 0 Å². The van der Waals surface area contributed by atoms with Crippen LogP contribution in [0.25, 0.3) is 10.2 Å². The molecule has 1 heterocycles. The number of hydrogen-bond acceptors (Lipinski definition) is 4. The van der Waals surface area contributed by atoms with Gasteiger partial charge in [0.05, 0.1) is 45.4 Å². The lowest BCUT2D eigenvalue weighted by Gasteiger charge is -2.21. The summed E-state index contributed by atoms with van der Waals surface area (Å²) >= 11 is 1.54. The molecular weight excluding hydrogens is 370 g/mol. The second kappa shape index (κ2) is 8.71. The maximum absolute atomic E-state index is 13.2. The molecule has 3 aromatic rings. The van der Waals surface area contributed by atoms with Crippen LogP contribution in [-0.2, 0) is 11.2 Å². The molecule has 0 aliphatic rings. The van der Waals surface area contributed by atoms with E-state index in [4.69, 9.17) is 9.72 Å². The number of amides is 1. The van der Waals surface area contributed by atoms with E-state index in [1.807, 2.05) is 23.1 Å². The van der Waals surface area contributed by atoms with Crippen LogP contribution >= 0.6 is 11.3 Å². The van der Waals surface area contributed by atoms with E-state index in [0.717, 1.165) is 38.8 Å². The number of nitrogens with one attached hydrogen (secondary N) is 1. The number of para-hydroxylation sites is 1. The molecule has 0 aliphatic carbocycles. The van der Waals surface area contributed by atoms with Gasteiger partial charge in [-0.3, -0.25) is 9.69 Å². The van der Waals surface area contributed by atoms with Gasteiger partial charge in [-0.05, 0) is 37.1 Å². The van der Waals surface area contributed by atoms with E-state index in [1.165, 1.54) is 21.8 Å². The minimum atomic E-state index is 0.0752. The minimum Gasteiger partial charge on any atom is -0.494 e. The molecule has 1 amide bonds. The number of aryl methyl sites for hydroxylation is 2. The fourth-order valence-electron chi connectivity index (χ4n) is 3.16. The third kappa shape index (κ3) is 4.51. The fourth-order valence-corrected chi connectivity index (χ4v) is 4.18. The quantitative estimate of drug-likeness (QED) is 0.666. The van der Waals surface area contributed by atoms with Crippen LogP contribution in [0.2, 0.25) is 0 Å². The lowest BCUT2D eigenvalue weighted by molar-refractivity contribution is -0.856. The van der Waals surface area contributed by atoms with Crippen molar-refractivity contribution in [1.29, 1.82) is 0 Å². The Bertz CT molecular complexity index is 981. The molecule has 0 atom stereocenters. The summed E-state index contributed by atoms with van der Waals surface area (Å²) in [5.41, 5.74) is 4.24. The summed E-state index contributed by atoms with van der Waals surface area (Å²) in [6.45, 7) is 5.62. The normalized spacial score (nSPS) is 11.2. The second-order valence-electron chi connectivity index (χ2n) is 7.41. The molecule has 5 nitrogen and oxygen atoms in total. The molecule has 0 aliphatic heterocycles. The molecule has 2 aromatic carbocycles. The number of rotatable bonds is 7. The van der Waals surface area contributed by atoms with Crippen molar-refractivity contribution in [2.45, 2.75) is 20.3 Å². The Morgan fingerprint density at radius 1 is 1.21 bits per heavy atom. The first-order valence-corrected chi connectivity index (χ1v) is 10.3. The van der Waals surface area contributed by atoms with Crippen molar-refractivity contribution in [2.75, 3.05) is 39.2 Å². The van der Waals surface area contributed by atoms with Crippen LogP contribution in [-0.4, -0.2) is 45.2 Å². The van der Waals surface area contributed by atoms with Gasteiger partial charge in [0.1, 0.15) is 11.3 Å². The Balaban J connectivity index is 1.93. The van der Waals surface area contributed by atoms with E-state index in [0.29, 0.717) is 13.0 Å². The molecule has 0 fully saturated rings. The van der Waals surface area contributed by atoms with Crippen LogP contribution in [0, 0.1) is 13.8 Å². The van der Waals surface area contributed by atoms with Gasteiger partial charge < -0.3 is 9.64 Å². The largest absolute Gasteiger partial charge is 0.494 e. The number of fused-ring (bicyclic) bond motifs is 1. The van der Waals surface area contributed by atoms with Crippen molar-refractivity contribution in [2.24, 2.45) is 0 Å².